The molecule has 0 aliphatic carbocycles. The molecule has 2 aromatic carbocycles. The number of sulfonamides is 1. The largest absolute Gasteiger partial charge is 0.462 e. The highest BCUT2D eigenvalue weighted by atomic mass is 32.2. The second kappa shape index (κ2) is 8.60. The number of halogens is 1. The Hall–Kier alpha value is -2.61. The zero-order valence-electron chi connectivity index (χ0n) is 15.7. The molecule has 0 bridgehead atoms. The number of piperidine rings is 1. The van der Waals surface area contributed by atoms with E-state index in [0.29, 0.717) is 5.56 Å². The van der Waals surface area contributed by atoms with Crippen LogP contribution in [0.15, 0.2) is 47.4 Å². The van der Waals surface area contributed by atoms with Crippen LogP contribution in [0.3, 0.4) is 0 Å². The maximum Gasteiger partial charge on any atom is 0.340 e. The molecule has 0 atom stereocenters. The number of benzene rings is 2. The molecule has 1 N–H and O–H groups in total. The van der Waals surface area contributed by atoms with Crippen molar-refractivity contribution in [1.29, 1.82) is 0 Å². The van der Waals surface area contributed by atoms with Crippen molar-refractivity contribution in [3.8, 4) is 0 Å². The van der Waals surface area contributed by atoms with Crippen LogP contribution in [0.5, 0.6) is 0 Å². The van der Waals surface area contributed by atoms with Crippen LogP contribution in [0.25, 0.3) is 0 Å². The van der Waals surface area contributed by atoms with Crippen molar-refractivity contribution in [1.82, 2.24) is 0 Å². The van der Waals surface area contributed by atoms with Crippen LogP contribution >= 0.6 is 0 Å². The van der Waals surface area contributed by atoms with Gasteiger partial charge in [-0.3, -0.25) is 4.72 Å². The summed E-state index contributed by atoms with van der Waals surface area (Å²) in [5.74, 6) is -1.01. The lowest BCUT2D eigenvalue weighted by molar-refractivity contribution is 0.0527. The van der Waals surface area contributed by atoms with E-state index in [1.807, 2.05) is 0 Å². The summed E-state index contributed by atoms with van der Waals surface area (Å²) in [6, 6.07) is 9.38. The molecule has 8 heteroatoms. The maximum atomic E-state index is 13.1. The lowest BCUT2D eigenvalue weighted by Gasteiger charge is -2.30. The van der Waals surface area contributed by atoms with Gasteiger partial charge in [0.1, 0.15) is 5.82 Å². The number of rotatable bonds is 6. The van der Waals surface area contributed by atoms with Crippen molar-refractivity contribution >= 4 is 27.4 Å². The third kappa shape index (κ3) is 4.62. The average molecular weight is 406 g/mol. The smallest absolute Gasteiger partial charge is 0.340 e. The first-order valence-corrected chi connectivity index (χ1v) is 10.7. The Morgan fingerprint density at radius 1 is 1.11 bits per heavy atom. The van der Waals surface area contributed by atoms with E-state index in [4.69, 9.17) is 4.74 Å². The fraction of sp³-hybridized carbons (Fsp3) is 0.350. The van der Waals surface area contributed by atoms with E-state index in [2.05, 4.69) is 9.62 Å². The van der Waals surface area contributed by atoms with Crippen LogP contribution in [0, 0.1) is 5.82 Å². The van der Waals surface area contributed by atoms with Crippen LogP contribution in [0.2, 0.25) is 0 Å². The summed E-state index contributed by atoms with van der Waals surface area (Å²) >= 11 is 0. The third-order valence-electron chi connectivity index (χ3n) is 4.56. The van der Waals surface area contributed by atoms with Crippen molar-refractivity contribution < 1.29 is 22.3 Å². The van der Waals surface area contributed by atoms with E-state index >= 15 is 0 Å². The first-order valence-electron chi connectivity index (χ1n) is 9.25. The van der Waals surface area contributed by atoms with Gasteiger partial charge in [-0.2, -0.15) is 0 Å². The molecule has 1 saturated heterocycles. The molecular formula is C20H23FN2O4S. The quantitative estimate of drug-likeness (QED) is 0.739. The number of ether oxygens (including phenoxy) is 1. The number of anilines is 2. The van der Waals surface area contributed by atoms with E-state index in [-0.39, 0.29) is 17.2 Å². The Bertz CT molecular complexity index is 939. The Labute approximate surface area is 164 Å². The SMILES string of the molecule is CCOC(=O)c1cc(NS(=O)(=O)c2ccc(F)cc2)ccc1N1CCCCC1. The molecule has 0 radical (unpaired) electrons. The Balaban J connectivity index is 1.92. The normalized spacial score (nSPS) is 14.6. The van der Waals surface area contributed by atoms with Crippen molar-refractivity contribution in [2.24, 2.45) is 0 Å². The molecule has 0 spiro atoms. The number of hydrogen-bond acceptors (Lipinski definition) is 5. The Kier molecular flexibility index (Phi) is 6.18. The second-order valence-corrected chi connectivity index (χ2v) is 8.24. The lowest BCUT2D eigenvalue weighted by Crippen LogP contribution is -2.31. The van der Waals surface area contributed by atoms with E-state index in [9.17, 15) is 17.6 Å². The lowest BCUT2D eigenvalue weighted by atomic mass is 10.1. The van der Waals surface area contributed by atoms with Gasteiger partial charge < -0.3 is 9.64 Å². The first kappa shape index (κ1) is 20.1. The fourth-order valence-corrected chi connectivity index (χ4v) is 4.26. The first-order chi connectivity index (χ1) is 13.4. The summed E-state index contributed by atoms with van der Waals surface area (Å²) in [4.78, 5) is 14.5. The van der Waals surface area contributed by atoms with Crippen molar-refractivity contribution in [3.05, 3.63) is 53.8 Å². The van der Waals surface area contributed by atoms with Crippen LogP contribution in [0.1, 0.15) is 36.5 Å². The third-order valence-corrected chi connectivity index (χ3v) is 5.96. The van der Waals surface area contributed by atoms with Crippen LogP contribution in [-0.2, 0) is 14.8 Å². The molecule has 6 nitrogen and oxygen atoms in total. The van der Waals surface area contributed by atoms with Gasteiger partial charge in [0.25, 0.3) is 10.0 Å². The van der Waals surface area contributed by atoms with Gasteiger partial charge in [0.05, 0.1) is 22.8 Å². The summed E-state index contributed by atoms with van der Waals surface area (Å²) in [5.41, 5.74) is 1.30. The van der Waals surface area contributed by atoms with E-state index in [1.165, 1.54) is 18.2 Å². The molecule has 150 valence electrons. The minimum Gasteiger partial charge on any atom is -0.462 e. The highest BCUT2D eigenvalue weighted by molar-refractivity contribution is 7.92. The van der Waals surface area contributed by atoms with Crippen LogP contribution in [-0.4, -0.2) is 34.1 Å². The summed E-state index contributed by atoms with van der Waals surface area (Å²) < 4.78 is 45.8. The van der Waals surface area contributed by atoms with Gasteiger partial charge in [-0.05, 0) is 68.7 Å². The minimum absolute atomic E-state index is 0.0632. The molecule has 0 saturated carbocycles. The molecule has 1 aliphatic heterocycles. The zero-order chi connectivity index (χ0) is 20.1. The monoisotopic (exact) mass is 406 g/mol. The maximum absolute atomic E-state index is 13.1. The summed E-state index contributed by atoms with van der Waals surface area (Å²) in [6.07, 6.45) is 3.24. The molecule has 1 fully saturated rings. The van der Waals surface area contributed by atoms with Crippen molar-refractivity contribution in [2.75, 3.05) is 29.3 Å². The number of hydrogen-bond donors (Lipinski definition) is 1. The van der Waals surface area contributed by atoms with Gasteiger partial charge in [-0.15, -0.1) is 0 Å². The number of nitrogens with one attached hydrogen (secondary N) is 1. The number of carbonyl (C=O) groups excluding carboxylic acids is 1. The van der Waals surface area contributed by atoms with Crippen molar-refractivity contribution in [3.63, 3.8) is 0 Å². The number of esters is 1. The predicted octanol–water partition coefficient (Wildman–Crippen LogP) is 3.79. The topological polar surface area (TPSA) is 75.7 Å². The average Bonchev–Trinajstić information content (AvgIpc) is 2.69. The molecule has 0 unspecified atom stereocenters. The standard InChI is InChI=1S/C20H23FN2O4S/c1-2-27-20(24)18-14-16(8-11-19(18)23-12-4-3-5-13-23)22-28(25,26)17-9-6-15(21)7-10-17/h6-11,14,22H,2-5,12-13H2,1H3. The van der Waals surface area contributed by atoms with Gasteiger partial charge in [-0.1, -0.05) is 0 Å². The summed E-state index contributed by atoms with van der Waals surface area (Å²) in [7, 11) is -3.90. The molecule has 1 heterocycles. The number of nitrogens with zero attached hydrogens (tertiary/aromatic N) is 1. The van der Waals surface area contributed by atoms with E-state index < -0.39 is 21.8 Å². The molecule has 1 aliphatic rings. The van der Waals surface area contributed by atoms with Crippen LogP contribution in [0.4, 0.5) is 15.8 Å². The summed E-state index contributed by atoms with van der Waals surface area (Å²) in [5, 5.41) is 0. The molecule has 2 aromatic rings. The predicted molar refractivity (Wildman–Crippen MR) is 106 cm³/mol. The Morgan fingerprint density at radius 2 is 1.79 bits per heavy atom. The minimum atomic E-state index is -3.90. The zero-order valence-corrected chi connectivity index (χ0v) is 16.5. The van der Waals surface area contributed by atoms with Crippen molar-refractivity contribution in [2.45, 2.75) is 31.1 Å². The molecule has 3 rings (SSSR count). The second-order valence-electron chi connectivity index (χ2n) is 6.56. The van der Waals surface area contributed by atoms with Gasteiger partial charge in [0.2, 0.25) is 0 Å². The summed E-state index contributed by atoms with van der Waals surface area (Å²) in [6.45, 7) is 3.63. The highest BCUT2D eigenvalue weighted by Gasteiger charge is 2.22. The van der Waals surface area contributed by atoms with Crippen LogP contribution < -0.4 is 9.62 Å². The molecule has 28 heavy (non-hydrogen) atoms. The molecule has 0 amide bonds. The van der Waals surface area contributed by atoms with Gasteiger partial charge in [0, 0.05) is 18.8 Å². The van der Waals surface area contributed by atoms with Gasteiger partial charge >= 0.3 is 5.97 Å². The van der Waals surface area contributed by atoms with Gasteiger partial charge in [-0.25, -0.2) is 17.6 Å². The number of carbonyl (C=O) groups is 1. The van der Waals surface area contributed by atoms with E-state index in [0.717, 1.165) is 50.2 Å². The van der Waals surface area contributed by atoms with Gasteiger partial charge in [0.15, 0.2) is 0 Å². The highest BCUT2D eigenvalue weighted by Crippen LogP contribution is 2.29. The molecule has 0 aromatic heterocycles. The Morgan fingerprint density at radius 3 is 2.43 bits per heavy atom. The fourth-order valence-electron chi connectivity index (χ4n) is 3.21. The van der Waals surface area contributed by atoms with E-state index in [1.54, 1.807) is 19.1 Å². The molecular weight excluding hydrogens is 383 g/mol.